The molecule has 0 bridgehead atoms. The monoisotopic (exact) mass is 531 g/mol. The number of hydrogen-bond acceptors (Lipinski definition) is 2. The van der Waals surface area contributed by atoms with Gasteiger partial charge in [0.05, 0.1) is 22.1 Å². The summed E-state index contributed by atoms with van der Waals surface area (Å²) in [6, 6.07) is 16.9. The fourth-order valence-electron chi connectivity index (χ4n) is 5.82. The molecular weight excluding hydrogens is 508 g/mol. The minimum Gasteiger partial charge on any atom is -0.316 e. The van der Waals surface area contributed by atoms with E-state index in [4.69, 9.17) is 0 Å². The van der Waals surface area contributed by atoms with Crippen molar-refractivity contribution >= 4 is 33.9 Å². The molecule has 1 aliphatic heterocycles. The number of nitrogens with zero attached hydrogens (tertiary/aromatic N) is 2. The second kappa shape index (κ2) is 8.33. The highest BCUT2D eigenvalue weighted by atomic mass is 19.4. The average molecular weight is 532 g/mol. The van der Waals surface area contributed by atoms with Crippen LogP contribution in [-0.2, 0) is 21.2 Å². The summed E-state index contributed by atoms with van der Waals surface area (Å²) >= 11 is 0. The van der Waals surface area contributed by atoms with Crippen LogP contribution in [0.4, 0.5) is 23.2 Å². The second-order valence-electron chi connectivity index (χ2n) is 10.5. The van der Waals surface area contributed by atoms with Crippen LogP contribution in [0.5, 0.6) is 0 Å². The number of allylic oxidation sites excluding steroid dienone is 2. The van der Waals surface area contributed by atoms with Gasteiger partial charge in [0.1, 0.15) is 18.8 Å². The number of carbonyl (C=O) groups excluding carboxylic acids is 2. The first-order valence-corrected chi connectivity index (χ1v) is 12.4. The van der Waals surface area contributed by atoms with Gasteiger partial charge in [0.15, 0.2) is 17.3 Å². The molecule has 0 radical (unpaired) electrons. The van der Waals surface area contributed by atoms with Crippen LogP contribution in [0.2, 0.25) is 0 Å². The molecule has 0 unspecified atom stereocenters. The number of halogens is 4. The van der Waals surface area contributed by atoms with Crippen molar-refractivity contribution in [2.45, 2.75) is 31.4 Å². The first-order valence-electron chi connectivity index (χ1n) is 12.4. The lowest BCUT2D eigenvalue weighted by molar-refractivity contribution is -0.401. The molecule has 6 rings (SSSR count). The van der Waals surface area contributed by atoms with Gasteiger partial charge >= 0.3 is 6.18 Å². The maximum Gasteiger partial charge on any atom is 0.416 e. The number of para-hydroxylation sites is 2. The topological polar surface area (TPSA) is 42.1 Å². The maximum atomic E-state index is 14.2. The quantitative estimate of drug-likeness (QED) is 0.0976. The zero-order valence-electron chi connectivity index (χ0n) is 21.3. The Balaban J connectivity index is 1.42. The molecule has 1 aliphatic carbocycles. The Hall–Kier alpha value is -4.33. The second-order valence-corrected chi connectivity index (χ2v) is 10.5. The van der Waals surface area contributed by atoms with Crippen LogP contribution in [-0.4, -0.2) is 33.5 Å². The fraction of sp³-hybridized carbons (Fsp3) is 0.194. The number of Topliss-reactive ketones (excluding diaryl/α,β-unsaturated/α-hetero) is 2. The standard InChI is InChI=1S/C31H23F4N2O2/c1-30(2)23-9-5-7-11-25(23)36(3)26(30)15-21-28(38)27(29(21)39)22-16-37(24-10-6-4-8-20(22)24)19-13-17(31(33,34)35)12-18(32)14-19/h4-16,27H,1-3H3/q+1. The minimum atomic E-state index is -4.74. The van der Waals surface area contributed by atoms with E-state index in [0.29, 0.717) is 22.5 Å². The van der Waals surface area contributed by atoms with Gasteiger partial charge in [-0.15, -0.1) is 0 Å². The van der Waals surface area contributed by atoms with E-state index in [1.54, 1.807) is 30.3 Å². The molecule has 0 spiro atoms. The first-order chi connectivity index (χ1) is 18.4. The predicted molar refractivity (Wildman–Crippen MR) is 139 cm³/mol. The summed E-state index contributed by atoms with van der Waals surface area (Å²) in [5.41, 5.74) is 2.24. The van der Waals surface area contributed by atoms with Gasteiger partial charge in [-0.3, -0.25) is 9.59 Å². The zero-order valence-corrected chi connectivity index (χ0v) is 21.3. The highest BCUT2D eigenvalue weighted by molar-refractivity contribution is 6.43. The summed E-state index contributed by atoms with van der Waals surface area (Å²) in [4.78, 5) is 26.9. The predicted octanol–water partition coefficient (Wildman–Crippen LogP) is 6.66. The van der Waals surface area contributed by atoms with Gasteiger partial charge in [-0.05, 0) is 43.7 Å². The number of ketones is 2. The lowest BCUT2D eigenvalue weighted by Crippen LogP contribution is -2.40. The molecule has 3 aromatic carbocycles. The summed E-state index contributed by atoms with van der Waals surface area (Å²) in [6.07, 6.45) is -1.62. The molecular formula is C31H23F4N2O2+. The van der Waals surface area contributed by atoms with E-state index in [0.717, 1.165) is 29.1 Å². The van der Waals surface area contributed by atoms with Gasteiger partial charge in [0.2, 0.25) is 5.69 Å². The lowest BCUT2D eigenvalue weighted by Gasteiger charge is -2.26. The molecule has 39 heavy (non-hydrogen) atoms. The smallest absolute Gasteiger partial charge is 0.316 e. The summed E-state index contributed by atoms with van der Waals surface area (Å²) in [7, 11) is 1.90. The number of carbonyl (C=O) groups is 2. The van der Waals surface area contributed by atoms with E-state index >= 15 is 0 Å². The van der Waals surface area contributed by atoms with Crippen molar-refractivity contribution < 1.29 is 31.7 Å². The number of fused-ring (bicyclic) bond motifs is 2. The van der Waals surface area contributed by atoms with Crippen LogP contribution in [0.15, 0.2) is 84.6 Å². The molecule has 4 aromatic rings. The Morgan fingerprint density at radius 2 is 1.62 bits per heavy atom. The van der Waals surface area contributed by atoms with Crippen molar-refractivity contribution in [2.75, 3.05) is 7.05 Å². The third-order valence-corrected chi connectivity index (χ3v) is 7.82. The van der Waals surface area contributed by atoms with Crippen LogP contribution >= 0.6 is 0 Å². The highest BCUT2D eigenvalue weighted by Gasteiger charge is 2.50. The van der Waals surface area contributed by atoms with Crippen molar-refractivity contribution in [2.24, 2.45) is 0 Å². The Labute approximate surface area is 221 Å². The van der Waals surface area contributed by atoms with Gasteiger partial charge in [-0.1, -0.05) is 36.4 Å². The molecule has 0 atom stereocenters. The summed E-state index contributed by atoms with van der Waals surface area (Å²) in [5, 5.41) is 0.541. The van der Waals surface area contributed by atoms with E-state index in [1.165, 1.54) is 10.8 Å². The molecule has 1 aromatic heterocycles. The SMILES string of the molecule is C[N+]1=C(C=C2C(=O)C(c3cn(-c4cc(F)cc(C(F)(F)F)c4)c4ccccc34)C2=O)C(C)(C)c2ccccc21. The van der Waals surface area contributed by atoms with Crippen molar-refractivity contribution in [3.8, 4) is 5.69 Å². The molecule has 196 valence electrons. The van der Waals surface area contributed by atoms with E-state index in [9.17, 15) is 27.2 Å². The molecule has 0 saturated heterocycles. The van der Waals surface area contributed by atoms with E-state index in [2.05, 4.69) is 0 Å². The van der Waals surface area contributed by atoms with Crippen molar-refractivity contribution in [3.05, 3.63) is 107 Å². The highest BCUT2D eigenvalue weighted by Crippen LogP contribution is 2.43. The van der Waals surface area contributed by atoms with Crippen LogP contribution in [0, 0.1) is 5.82 Å². The van der Waals surface area contributed by atoms with Crippen LogP contribution < -0.4 is 0 Å². The lowest BCUT2D eigenvalue weighted by atomic mass is 9.71. The number of alkyl halides is 3. The number of hydrogen-bond donors (Lipinski definition) is 0. The summed E-state index contributed by atoms with van der Waals surface area (Å²) in [5.74, 6) is -2.84. The largest absolute Gasteiger partial charge is 0.416 e. The number of aromatic nitrogens is 1. The van der Waals surface area contributed by atoms with E-state index in [1.807, 2.05) is 49.7 Å². The van der Waals surface area contributed by atoms with Gasteiger partial charge in [-0.2, -0.15) is 17.7 Å². The van der Waals surface area contributed by atoms with E-state index < -0.39 is 28.9 Å². The Kier molecular flexibility index (Phi) is 5.34. The third kappa shape index (κ3) is 3.69. The van der Waals surface area contributed by atoms with Gasteiger partial charge < -0.3 is 4.57 Å². The van der Waals surface area contributed by atoms with Crippen molar-refractivity contribution in [3.63, 3.8) is 0 Å². The summed E-state index contributed by atoms with van der Waals surface area (Å²) in [6.45, 7) is 4.07. The fourth-order valence-corrected chi connectivity index (χ4v) is 5.82. The number of benzene rings is 3. The van der Waals surface area contributed by atoms with Gasteiger partial charge in [0, 0.05) is 35.0 Å². The normalized spacial score (nSPS) is 18.5. The van der Waals surface area contributed by atoms with Crippen LogP contribution in [0.25, 0.3) is 16.6 Å². The minimum absolute atomic E-state index is 0.0533. The molecule has 0 amide bonds. The maximum absolute atomic E-state index is 14.2. The van der Waals surface area contributed by atoms with Crippen LogP contribution in [0.3, 0.4) is 0 Å². The molecule has 4 nitrogen and oxygen atoms in total. The van der Waals surface area contributed by atoms with Gasteiger partial charge in [0.25, 0.3) is 0 Å². The zero-order chi connectivity index (χ0) is 27.9. The molecule has 2 heterocycles. The first kappa shape index (κ1) is 25.0. The Morgan fingerprint density at radius 1 is 0.949 bits per heavy atom. The van der Waals surface area contributed by atoms with E-state index in [-0.39, 0.29) is 22.8 Å². The molecule has 8 heteroatoms. The Bertz CT molecular complexity index is 1770. The number of rotatable bonds is 3. The van der Waals surface area contributed by atoms with Crippen molar-refractivity contribution in [1.82, 2.24) is 4.57 Å². The molecule has 1 saturated carbocycles. The molecule has 0 N–H and O–H groups in total. The average Bonchev–Trinajstić information content (AvgIpc) is 3.35. The summed E-state index contributed by atoms with van der Waals surface area (Å²) < 4.78 is 57.7. The van der Waals surface area contributed by atoms with Crippen molar-refractivity contribution in [1.29, 1.82) is 0 Å². The molecule has 2 aliphatic rings. The van der Waals surface area contributed by atoms with Crippen LogP contribution in [0.1, 0.15) is 36.5 Å². The third-order valence-electron chi connectivity index (χ3n) is 7.82. The van der Waals surface area contributed by atoms with Gasteiger partial charge in [-0.25, -0.2) is 4.39 Å². The Morgan fingerprint density at radius 3 is 2.31 bits per heavy atom. The molecule has 1 fully saturated rings.